The molecule has 0 aliphatic heterocycles. The molecular weight excluding hydrogens is 316 g/mol. The molecule has 0 radical (unpaired) electrons. The van der Waals surface area contributed by atoms with E-state index in [1.807, 2.05) is 0 Å². The highest BCUT2D eigenvalue weighted by molar-refractivity contribution is 5.94. The third-order valence-electron chi connectivity index (χ3n) is 4.61. The van der Waals surface area contributed by atoms with Crippen molar-refractivity contribution in [1.82, 2.24) is 0 Å². The molecule has 140 valence electrons. The molecule has 4 nitrogen and oxygen atoms in total. The van der Waals surface area contributed by atoms with Crippen LogP contribution in [0, 0.1) is 11.8 Å². The van der Waals surface area contributed by atoms with Crippen LogP contribution < -0.4 is 0 Å². The SMILES string of the molecule is CCCCC(CC)C(CCC(C)C)OC(=O)c1cccc(C(=O)O)c1. The Morgan fingerprint density at radius 1 is 1.08 bits per heavy atom. The second-order valence-electron chi connectivity index (χ2n) is 7.11. The Labute approximate surface area is 151 Å². The molecule has 1 rings (SSSR count). The molecule has 4 heteroatoms. The number of carbonyl (C=O) groups excluding carboxylic acids is 1. The second kappa shape index (κ2) is 10.9. The third-order valence-corrected chi connectivity index (χ3v) is 4.61. The molecule has 0 heterocycles. The van der Waals surface area contributed by atoms with Crippen LogP contribution in [0.4, 0.5) is 0 Å². The molecular formula is C21H32O4. The predicted octanol–water partition coefficient (Wildman–Crippen LogP) is 5.56. The van der Waals surface area contributed by atoms with E-state index >= 15 is 0 Å². The summed E-state index contributed by atoms with van der Waals surface area (Å²) < 4.78 is 5.84. The van der Waals surface area contributed by atoms with Crippen LogP contribution in [-0.4, -0.2) is 23.1 Å². The van der Waals surface area contributed by atoms with Crippen LogP contribution in [0.1, 0.15) is 86.9 Å². The first-order chi connectivity index (χ1) is 11.9. The van der Waals surface area contributed by atoms with E-state index < -0.39 is 11.9 Å². The molecule has 0 spiro atoms. The molecule has 0 saturated heterocycles. The van der Waals surface area contributed by atoms with Gasteiger partial charge in [-0.3, -0.25) is 0 Å². The van der Waals surface area contributed by atoms with Crippen LogP contribution in [0.3, 0.4) is 0 Å². The van der Waals surface area contributed by atoms with Crippen molar-refractivity contribution in [2.24, 2.45) is 11.8 Å². The molecule has 1 aromatic carbocycles. The summed E-state index contributed by atoms with van der Waals surface area (Å²) in [5, 5.41) is 9.09. The number of carboxylic acid groups (broad SMARTS) is 1. The summed E-state index contributed by atoms with van der Waals surface area (Å²) in [4.78, 5) is 23.6. The Morgan fingerprint density at radius 2 is 1.76 bits per heavy atom. The van der Waals surface area contributed by atoms with Gasteiger partial charge in [0.15, 0.2) is 0 Å². The Hall–Kier alpha value is -1.84. The maximum absolute atomic E-state index is 12.6. The highest BCUT2D eigenvalue weighted by Gasteiger charge is 2.24. The second-order valence-corrected chi connectivity index (χ2v) is 7.11. The third kappa shape index (κ3) is 7.29. The monoisotopic (exact) mass is 348 g/mol. The van der Waals surface area contributed by atoms with Crippen LogP contribution in [-0.2, 0) is 4.74 Å². The van der Waals surface area contributed by atoms with Crippen molar-refractivity contribution in [2.45, 2.75) is 72.3 Å². The lowest BCUT2D eigenvalue weighted by Crippen LogP contribution is -2.27. The van der Waals surface area contributed by atoms with Crippen molar-refractivity contribution in [2.75, 3.05) is 0 Å². The molecule has 0 amide bonds. The van der Waals surface area contributed by atoms with E-state index in [0.29, 0.717) is 17.4 Å². The summed E-state index contributed by atoms with van der Waals surface area (Å²) in [6.07, 6.45) is 6.04. The fourth-order valence-electron chi connectivity index (χ4n) is 2.99. The van der Waals surface area contributed by atoms with Crippen LogP contribution in [0.15, 0.2) is 24.3 Å². The lowest BCUT2D eigenvalue weighted by molar-refractivity contribution is 0.00691. The number of ether oxygens (including phenoxy) is 1. The largest absolute Gasteiger partial charge is 0.478 e. The van der Waals surface area contributed by atoms with Crippen molar-refractivity contribution in [1.29, 1.82) is 0 Å². The van der Waals surface area contributed by atoms with Crippen LogP contribution in [0.25, 0.3) is 0 Å². The fourth-order valence-corrected chi connectivity index (χ4v) is 2.99. The topological polar surface area (TPSA) is 63.6 Å². The van der Waals surface area contributed by atoms with Gasteiger partial charge in [0.25, 0.3) is 0 Å². The van der Waals surface area contributed by atoms with Crippen molar-refractivity contribution in [3.8, 4) is 0 Å². The predicted molar refractivity (Wildman–Crippen MR) is 100.0 cm³/mol. The zero-order valence-electron chi connectivity index (χ0n) is 16.0. The number of carboxylic acids is 1. The molecule has 0 aliphatic carbocycles. The van der Waals surface area contributed by atoms with Crippen molar-refractivity contribution >= 4 is 11.9 Å². The van der Waals surface area contributed by atoms with Gasteiger partial charge in [-0.15, -0.1) is 0 Å². The van der Waals surface area contributed by atoms with Gasteiger partial charge >= 0.3 is 11.9 Å². The maximum atomic E-state index is 12.6. The molecule has 25 heavy (non-hydrogen) atoms. The number of benzene rings is 1. The quantitative estimate of drug-likeness (QED) is 0.532. The molecule has 0 aromatic heterocycles. The van der Waals surface area contributed by atoms with Crippen LogP contribution in [0.2, 0.25) is 0 Å². The summed E-state index contributed by atoms with van der Waals surface area (Å²) >= 11 is 0. The number of hydrogen-bond donors (Lipinski definition) is 1. The zero-order valence-corrected chi connectivity index (χ0v) is 16.0. The molecule has 2 atom stereocenters. The molecule has 2 unspecified atom stereocenters. The van der Waals surface area contributed by atoms with E-state index in [4.69, 9.17) is 9.84 Å². The molecule has 0 saturated carbocycles. The molecule has 0 aliphatic rings. The van der Waals surface area contributed by atoms with Crippen molar-refractivity contribution in [3.05, 3.63) is 35.4 Å². The van der Waals surface area contributed by atoms with E-state index in [2.05, 4.69) is 27.7 Å². The van der Waals surface area contributed by atoms with Gasteiger partial charge < -0.3 is 9.84 Å². The standard InChI is InChI=1S/C21H32O4/c1-5-7-9-16(6-2)19(13-12-15(3)4)25-21(24)18-11-8-10-17(14-18)20(22)23/h8,10-11,14-16,19H,5-7,9,12-13H2,1-4H3,(H,22,23). The van der Waals surface area contributed by atoms with Crippen molar-refractivity contribution < 1.29 is 19.4 Å². The minimum atomic E-state index is -1.04. The summed E-state index contributed by atoms with van der Waals surface area (Å²) in [7, 11) is 0. The minimum Gasteiger partial charge on any atom is -0.478 e. The lowest BCUT2D eigenvalue weighted by Gasteiger charge is -2.27. The normalized spacial score (nSPS) is 13.5. The van der Waals surface area contributed by atoms with Gasteiger partial charge in [0.2, 0.25) is 0 Å². The number of rotatable bonds is 11. The van der Waals surface area contributed by atoms with Gasteiger partial charge in [-0.25, -0.2) is 9.59 Å². The molecule has 1 aromatic rings. The first-order valence-corrected chi connectivity index (χ1v) is 9.43. The fraction of sp³-hybridized carbons (Fsp3) is 0.619. The number of aromatic carboxylic acids is 1. The summed E-state index contributed by atoms with van der Waals surface area (Å²) in [6, 6.07) is 6.06. The highest BCUT2D eigenvalue weighted by atomic mass is 16.5. The van der Waals surface area contributed by atoms with Gasteiger partial charge in [-0.05, 0) is 55.7 Å². The average molecular weight is 348 g/mol. The number of unbranched alkanes of at least 4 members (excludes halogenated alkanes) is 1. The Balaban J connectivity index is 2.88. The zero-order chi connectivity index (χ0) is 18.8. The first-order valence-electron chi connectivity index (χ1n) is 9.43. The smallest absolute Gasteiger partial charge is 0.338 e. The lowest BCUT2D eigenvalue weighted by atomic mass is 9.89. The summed E-state index contributed by atoms with van der Waals surface area (Å²) in [5.41, 5.74) is 0.408. The number of hydrogen-bond acceptors (Lipinski definition) is 3. The molecule has 0 fully saturated rings. The maximum Gasteiger partial charge on any atom is 0.338 e. The van der Waals surface area contributed by atoms with E-state index in [9.17, 15) is 9.59 Å². The van der Waals surface area contributed by atoms with E-state index in [0.717, 1.165) is 38.5 Å². The Morgan fingerprint density at radius 3 is 2.32 bits per heavy atom. The summed E-state index contributed by atoms with van der Waals surface area (Å²) in [5.74, 6) is -0.558. The van der Waals surface area contributed by atoms with Gasteiger partial charge in [0.1, 0.15) is 6.10 Å². The van der Waals surface area contributed by atoms with Crippen molar-refractivity contribution in [3.63, 3.8) is 0 Å². The highest BCUT2D eigenvalue weighted by Crippen LogP contribution is 2.25. The van der Waals surface area contributed by atoms with Gasteiger partial charge in [-0.1, -0.05) is 46.6 Å². The molecule has 0 bridgehead atoms. The number of carbonyl (C=O) groups is 2. The van der Waals surface area contributed by atoms with E-state index in [1.54, 1.807) is 12.1 Å². The molecule has 1 N–H and O–H groups in total. The Kier molecular flexibility index (Phi) is 9.25. The van der Waals surface area contributed by atoms with Gasteiger partial charge in [0, 0.05) is 0 Å². The van der Waals surface area contributed by atoms with Crippen LogP contribution >= 0.6 is 0 Å². The minimum absolute atomic E-state index is 0.103. The van der Waals surface area contributed by atoms with E-state index in [1.165, 1.54) is 12.1 Å². The van der Waals surface area contributed by atoms with E-state index in [-0.39, 0.29) is 11.7 Å². The summed E-state index contributed by atoms with van der Waals surface area (Å²) in [6.45, 7) is 8.64. The number of esters is 1. The average Bonchev–Trinajstić information content (AvgIpc) is 2.59. The van der Waals surface area contributed by atoms with Gasteiger partial charge in [0.05, 0.1) is 11.1 Å². The van der Waals surface area contributed by atoms with Gasteiger partial charge in [-0.2, -0.15) is 0 Å². The van der Waals surface area contributed by atoms with Crippen LogP contribution in [0.5, 0.6) is 0 Å². The Bertz CT molecular complexity index is 551. The first kappa shape index (κ1) is 21.2.